The normalized spacial score (nSPS) is 11.4. The molecule has 0 spiro atoms. The predicted octanol–water partition coefficient (Wildman–Crippen LogP) is 5.39. The van der Waals surface area contributed by atoms with Gasteiger partial charge in [0.15, 0.2) is 5.65 Å². The Morgan fingerprint density at radius 2 is 1.88 bits per heavy atom. The second-order valence-corrected chi connectivity index (χ2v) is 8.62. The smallest absolute Gasteiger partial charge is 0.257 e. The lowest BCUT2D eigenvalue weighted by atomic mass is 10.1. The summed E-state index contributed by atoms with van der Waals surface area (Å²) in [6, 6.07) is 15.6. The number of furan rings is 1. The number of nitrogens with zero attached hydrogens (tertiary/aromatic N) is 5. The molecule has 1 N–H and O–H groups in total. The molecule has 4 aromatic heterocycles. The van der Waals surface area contributed by atoms with E-state index in [1.54, 1.807) is 29.2 Å². The molecule has 0 saturated heterocycles. The van der Waals surface area contributed by atoms with Crippen molar-refractivity contribution >= 4 is 22.8 Å². The van der Waals surface area contributed by atoms with Crippen LogP contribution in [0.5, 0.6) is 0 Å². The van der Waals surface area contributed by atoms with E-state index >= 15 is 0 Å². The Labute approximate surface area is 197 Å². The fourth-order valence-electron chi connectivity index (χ4n) is 4.11. The lowest BCUT2D eigenvalue weighted by Gasteiger charge is -2.12. The number of rotatable bonds is 6. The highest BCUT2D eigenvalue weighted by Gasteiger charge is 2.21. The zero-order valence-corrected chi connectivity index (χ0v) is 19.6. The molecule has 0 aliphatic carbocycles. The van der Waals surface area contributed by atoms with Crippen LogP contribution in [0.25, 0.3) is 22.3 Å². The van der Waals surface area contributed by atoms with Crippen LogP contribution in [0.4, 0.5) is 5.82 Å². The van der Waals surface area contributed by atoms with E-state index in [2.05, 4.69) is 15.5 Å². The van der Waals surface area contributed by atoms with E-state index in [1.165, 1.54) is 0 Å². The average Bonchev–Trinajstić information content (AvgIpc) is 3.52. The van der Waals surface area contributed by atoms with Crippen molar-refractivity contribution < 1.29 is 9.21 Å². The van der Waals surface area contributed by atoms with Crippen LogP contribution in [0.2, 0.25) is 0 Å². The number of amides is 1. The predicted molar refractivity (Wildman–Crippen MR) is 131 cm³/mol. The van der Waals surface area contributed by atoms with E-state index in [9.17, 15) is 4.79 Å². The zero-order chi connectivity index (χ0) is 23.8. The third-order valence-corrected chi connectivity index (χ3v) is 5.75. The van der Waals surface area contributed by atoms with Crippen molar-refractivity contribution in [3.05, 3.63) is 83.6 Å². The molecule has 1 amide bonds. The maximum absolute atomic E-state index is 13.5. The van der Waals surface area contributed by atoms with Crippen LogP contribution >= 0.6 is 0 Å². The number of hydrogen-bond donors (Lipinski definition) is 1. The molecule has 5 rings (SSSR count). The highest BCUT2D eigenvalue weighted by atomic mass is 16.3. The van der Waals surface area contributed by atoms with Crippen LogP contribution in [-0.4, -0.2) is 30.5 Å². The van der Waals surface area contributed by atoms with Crippen LogP contribution in [0.15, 0.2) is 65.3 Å². The molecular weight excluding hydrogens is 428 g/mol. The minimum atomic E-state index is -0.246. The van der Waals surface area contributed by atoms with Crippen LogP contribution < -0.4 is 5.32 Å². The maximum atomic E-state index is 13.5. The number of hydrogen-bond acceptors (Lipinski definition) is 5. The molecule has 8 heteroatoms. The molecule has 4 heterocycles. The zero-order valence-electron chi connectivity index (χ0n) is 19.6. The third kappa shape index (κ3) is 3.98. The van der Waals surface area contributed by atoms with Crippen LogP contribution in [-0.2, 0) is 6.54 Å². The molecule has 0 unspecified atom stereocenters. The first-order valence-electron chi connectivity index (χ1n) is 11.2. The number of fused-ring (bicyclic) bond motifs is 1. The summed E-state index contributed by atoms with van der Waals surface area (Å²) in [6.45, 7) is 8.43. The first kappa shape index (κ1) is 21.6. The highest BCUT2D eigenvalue weighted by Crippen LogP contribution is 2.30. The van der Waals surface area contributed by atoms with E-state index in [-0.39, 0.29) is 11.9 Å². The van der Waals surface area contributed by atoms with Gasteiger partial charge in [0.2, 0.25) is 0 Å². The number of benzene rings is 1. The summed E-state index contributed by atoms with van der Waals surface area (Å²) in [5.41, 5.74) is 3.79. The summed E-state index contributed by atoms with van der Waals surface area (Å²) < 4.78 is 9.33. The quantitative estimate of drug-likeness (QED) is 0.372. The molecule has 172 valence electrons. The van der Waals surface area contributed by atoms with Gasteiger partial charge in [-0.2, -0.15) is 10.2 Å². The average molecular weight is 455 g/mol. The molecule has 34 heavy (non-hydrogen) atoms. The Morgan fingerprint density at radius 1 is 1.09 bits per heavy atom. The number of anilines is 1. The van der Waals surface area contributed by atoms with Gasteiger partial charge in [-0.1, -0.05) is 30.3 Å². The second kappa shape index (κ2) is 8.62. The molecule has 5 aromatic rings. The van der Waals surface area contributed by atoms with Gasteiger partial charge in [-0.3, -0.25) is 4.79 Å². The van der Waals surface area contributed by atoms with Gasteiger partial charge >= 0.3 is 0 Å². The van der Waals surface area contributed by atoms with Crippen molar-refractivity contribution in [2.45, 2.75) is 40.3 Å². The molecule has 0 fully saturated rings. The Hall–Kier alpha value is -4.20. The molecule has 8 nitrogen and oxygen atoms in total. The van der Waals surface area contributed by atoms with Crippen LogP contribution in [0, 0.1) is 13.8 Å². The summed E-state index contributed by atoms with van der Waals surface area (Å²) in [6.07, 6.45) is 3.39. The monoisotopic (exact) mass is 454 g/mol. The molecule has 0 aliphatic rings. The molecule has 0 atom stereocenters. The summed E-state index contributed by atoms with van der Waals surface area (Å²) in [5, 5.41) is 12.6. The fourth-order valence-corrected chi connectivity index (χ4v) is 4.11. The van der Waals surface area contributed by atoms with Gasteiger partial charge in [0.25, 0.3) is 5.91 Å². The molecule has 1 aromatic carbocycles. The summed E-state index contributed by atoms with van der Waals surface area (Å²) in [7, 11) is 0. The van der Waals surface area contributed by atoms with Crippen molar-refractivity contribution in [2.24, 2.45) is 0 Å². The van der Waals surface area contributed by atoms with Crippen molar-refractivity contribution in [1.29, 1.82) is 0 Å². The standard InChI is InChI=1S/C26H26N6O2/c1-16(2)32-25-22(14-28-32)21(13-23(29-25)20-12-17(3)34-18(20)4)26(33)30-24-10-11-27-31(24)15-19-8-6-5-7-9-19/h5-14,16H,15H2,1-4H3,(H,30,33). The topological polar surface area (TPSA) is 90.8 Å². The van der Waals surface area contributed by atoms with Gasteiger partial charge < -0.3 is 9.73 Å². The number of pyridine rings is 1. The van der Waals surface area contributed by atoms with Gasteiger partial charge in [-0.15, -0.1) is 0 Å². The molecular formula is C26H26N6O2. The number of nitrogens with one attached hydrogen (secondary N) is 1. The minimum Gasteiger partial charge on any atom is -0.466 e. The number of carbonyl (C=O) groups is 1. The Balaban J connectivity index is 1.55. The number of aromatic nitrogens is 5. The van der Waals surface area contributed by atoms with Crippen molar-refractivity contribution in [1.82, 2.24) is 24.5 Å². The Bertz CT molecular complexity index is 1480. The first-order chi connectivity index (χ1) is 16.4. The molecule has 0 aliphatic heterocycles. The van der Waals surface area contributed by atoms with E-state index in [0.29, 0.717) is 34.7 Å². The lowest BCUT2D eigenvalue weighted by molar-refractivity contribution is 0.102. The Kier molecular flexibility index (Phi) is 5.49. The molecule has 0 saturated carbocycles. The third-order valence-electron chi connectivity index (χ3n) is 5.75. The number of carbonyl (C=O) groups excluding carboxylic acids is 1. The van der Waals surface area contributed by atoms with Gasteiger partial charge in [0.1, 0.15) is 17.3 Å². The van der Waals surface area contributed by atoms with Gasteiger partial charge in [0, 0.05) is 17.7 Å². The van der Waals surface area contributed by atoms with Crippen molar-refractivity contribution in [2.75, 3.05) is 5.32 Å². The lowest BCUT2D eigenvalue weighted by Crippen LogP contribution is -2.17. The van der Waals surface area contributed by atoms with Crippen molar-refractivity contribution in [3.63, 3.8) is 0 Å². The highest BCUT2D eigenvalue weighted by molar-refractivity contribution is 6.12. The SMILES string of the molecule is Cc1cc(-c2cc(C(=O)Nc3ccnn3Cc3ccccc3)c3cnn(C(C)C)c3n2)c(C)o1. The Morgan fingerprint density at radius 3 is 2.59 bits per heavy atom. The largest absolute Gasteiger partial charge is 0.466 e. The summed E-state index contributed by atoms with van der Waals surface area (Å²) in [5.74, 6) is 1.92. The second-order valence-electron chi connectivity index (χ2n) is 8.62. The summed E-state index contributed by atoms with van der Waals surface area (Å²) >= 11 is 0. The summed E-state index contributed by atoms with van der Waals surface area (Å²) in [4.78, 5) is 18.4. The maximum Gasteiger partial charge on any atom is 0.257 e. The van der Waals surface area contributed by atoms with Crippen molar-refractivity contribution in [3.8, 4) is 11.3 Å². The molecule has 0 bridgehead atoms. The fraction of sp³-hybridized carbons (Fsp3) is 0.231. The first-order valence-corrected chi connectivity index (χ1v) is 11.2. The van der Waals surface area contributed by atoms with E-state index in [4.69, 9.17) is 9.40 Å². The molecule has 0 radical (unpaired) electrons. The van der Waals surface area contributed by atoms with Gasteiger partial charge in [-0.05, 0) is 45.4 Å². The van der Waals surface area contributed by atoms with E-state index < -0.39 is 0 Å². The minimum absolute atomic E-state index is 0.0932. The van der Waals surface area contributed by atoms with E-state index in [0.717, 1.165) is 22.6 Å². The van der Waals surface area contributed by atoms with E-state index in [1.807, 2.05) is 68.8 Å². The van der Waals surface area contributed by atoms with Gasteiger partial charge in [-0.25, -0.2) is 14.3 Å². The van der Waals surface area contributed by atoms with Crippen LogP contribution in [0.1, 0.15) is 47.3 Å². The van der Waals surface area contributed by atoms with Gasteiger partial charge in [0.05, 0.1) is 35.6 Å². The van der Waals surface area contributed by atoms with Crippen LogP contribution in [0.3, 0.4) is 0 Å². The number of aryl methyl sites for hydroxylation is 2.